The van der Waals surface area contributed by atoms with Crippen LogP contribution in [0.15, 0.2) is 18.2 Å². The van der Waals surface area contributed by atoms with E-state index in [1.165, 1.54) is 6.92 Å². The lowest BCUT2D eigenvalue weighted by atomic mass is 9.94. The van der Waals surface area contributed by atoms with Crippen LogP contribution in [-0.2, 0) is 5.92 Å². The third-order valence-electron chi connectivity index (χ3n) is 2.53. The van der Waals surface area contributed by atoms with E-state index < -0.39 is 35.1 Å². The second kappa shape index (κ2) is 8.89. The highest BCUT2D eigenvalue weighted by Gasteiger charge is 2.74. The Balaban J connectivity index is 0. The fraction of sp³-hybridized carbons (Fsp3) is 0.533. The molecular formula is C15H20F7NO. The maximum Gasteiger partial charge on any atom is 0.460 e. The van der Waals surface area contributed by atoms with Crippen molar-refractivity contribution in [2.45, 2.75) is 52.6 Å². The molecule has 0 saturated heterocycles. The molecule has 2 N–H and O–H groups in total. The minimum Gasteiger partial charge on any atom is -0.366 e. The smallest absolute Gasteiger partial charge is 0.366 e. The largest absolute Gasteiger partial charge is 0.460 e. The van der Waals surface area contributed by atoms with Crippen molar-refractivity contribution in [1.29, 1.82) is 0 Å². The first-order valence-electron chi connectivity index (χ1n) is 7.05. The van der Waals surface area contributed by atoms with Crippen molar-refractivity contribution in [3.05, 3.63) is 34.9 Å². The molecule has 1 aromatic rings. The van der Waals surface area contributed by atoms with Crippen molar-refractivity contribution < 1.29 is 35.5 Å². The Bertz CT molecular complexity index is 539. The topological polar surface area (TPSA) is 43.1 Å². The molecule has 1 rings (SSSR count). The van der Waals surface area contributed by atoms with E-state index in [4.69, 9.17) is 5.73 Å². The summed E-state index contributed by atoms with van der Waals surface area (Å²) in [6.45, 7) is 9.33. The first-order chi connectivity index (χ1) is 10.8. The summed E-state index contributed by atoms with van der Waals surface area (Å²) in [5.41, 5.74) is 2.09. The third kappa shape index (κ3) is 4.85. The van der Waals surface area contributed by atoms with Gasteiger partial charge in [0.1, 0.15) is 0 Å². The van der Waals surface area contributed by atoms with Crippen LogP contribution < -0.4 is 5.73 Å². The molecule has 2 nitrogen and oxygen atoms in total. The summed E-state index contributed by atoms with van der Waals surface area (Å²) in [7, 11) is 0. The molecule has 140 valence electrons. The highest BCUT2D eigenvalue weighted by Crippen LogP contribution is 2.52. The highest BCUT2D eigenvalue weighted by atomic mass is 19.4. The Morgan fingerprint density at radius 2 is 1.33 bits per heavy atom. The van der Waals surface area contributed by atoms with Gasteiger partial charge in [0.15, 0.2) is 0 Å². The Hall–Kier alpha value is -1.80. The second-order valence-corrected chi connectivity index (χ2v) is 4.06. The van der Waals surface area contributed by atoms with E-state index >= 15 is 0 Å². The van der Waals surface area contributed by atoms with Crippen LogP contribution in [-0.4, -0.2) is 18.0 Å². The summed E-state index contributed by atoms with van der Waals surface area (Å²) in [6, 6.07) is 1.93. The SMILES string of the molecule is CC.CC.Cc1ccc(C(F)(F)C(F)(F)C(F)(F)F)c(C(N)=O)c1. The summed E-state index contributed by atoms with van der Waals surface area (Å²) < 4.78 is 89.1. The summed E-state index contributed by atoms with van der Waals surface area (Å²) in [5, 5.41) is 0. The Morgan fingerprint density at radius 3 is 1.67 bits per heavy atom. The molecule has 0 heterocycles. The molecule has 0 aliphatic rings. The number of aryl methyl sites for hydroxylation is 1. The van der Waals surface area contributed by atoms with Crippen LogP contribution >= 0.6 is 0 Å². The van der Waals surface area contributed by atoms with Crippen LogP contribution in [0.1, 0.15) is 49.2 Å². The second-order valence-electron chi connectivity index (χ2n) is 4.06. The quantitative estimate of drug-likeness (QED) is 0.715. The molecule has 0 saturated carbocycles. The van der Waals surface area contributed by atoms with Crippen molar-refractivity contribution in [3.63, 3.8) is 0 Å². The van der Waals surface area contributed by atoms with E-state index in [1.54, 1.807) is 0 Å². The molecule has 1 aromatic carbocycles. The standard InChI is InChI=1S/C11H8F7NO.2C2H6/c1-5-2-3-7(6(4-5)8(19)20)9(12,13)10(14,15)11(16,17)18;2*1-2/h2-4H,1H3,(H2,19,20);2*1-2H3. The average molecular weight is 363 g/mol. The molecule has 24 heavy (non-hydrogen) atoms. The molecule has 0 fully saturated rings. The van der Waals surface area contributed by atoms with Crippen molar-refractivity contribution in [1.82, 2.24) is 0 Å². The molecule has 0 aliphatic heterocycles. The number of nitrogens with two attached hydrogens (primary N) is 1. The molecule has 0 radical (unpaired) electrons. The van der Waals surface area contributed by atoms with Gasteiger partial charge < -0.3 is 5.73 Å². The normalized spacial score (nSPS) is 11.7. The van der Waals surface area contributed by atoms with Crippen LogP contribution in [0.2, 0.25) is 0 Å². The fourth-order valence-electron chi connectivity index (χ4n) is 1.48. The number of hydrogen-bond donors (Lipinski definition) is 1. The molecule has 0 unspecified atom stereocenters. The Kier molecular flexibility index (Phi) is 9.05. The van der Waals surface area contributed by atoms with Gasteiger partial charge in [0, 0.05) is 11.1 Å². The van der Waals surface area contributed by atoms with E-state index in [9.17, 15) is 35.5 Å². The molecule has 9 heteroatoms. The van der Waals surface area contributed by atoms with E-state index in [0.717, 1.165) is 12.1 Å². The maximum absolute atomic E-state index is 13.5. The number of carbonyl (C=O) groups is 1. The lowest BCUT2D eigenvalue weighted by Crippen LogP contribution is -2.50. The fourth-order valence-corrected chi connectivity index (χ4v) is 1.48. The summed E-state index contributed by atoms with van der Waals surface area (Å²) in [6.07, 6.45) is -6.48. The van der Waals surface area contributed by atoms with Crippen LogP contribution in [0.3, 0.4) is 0 Å². The number of rotatable bonds is 3. The first-order valence-corrected chi connectivity index (χ1v) is 7.05. The van der Waals surface area contributed by atoms with Crippen molar-refractivity contribution >= 4 is 5.91 Å². The maximum atomic E-state index is 13.5. The van der Waals surface area contributed by atoms with Crippen LogP contribution in [0.5, 0.6) is 0 Å². The lowest BCUT2D eigenvalue weighted by molar-refractivity contribution is -0.359. The third-order valence-corrected chi connectivity index (χ3v) is 2.53. The Morgan fingerprint density at radius 1 is 0.917 bits per heavy atom. The minimum atomic E-state index is -6.48. The zero-order valence-corrected chi connectivity index (χ0v) is 13.9. The molecule has 0 spiro atoms. The number of hydrogen-bond acceptors (Lipinski definition) is 1. The highest BCUT2D eigenvalue weighted by molar-refractivity contribution is 5.94. The number of primary amides is 1. The van der Waals surface area contributed by atoms with Crippen LogP contribution in [0, 0.1) is 6.92 Å². The minimum absolute atomic E-state index is 0.202. The van der Waals surface area contributed by atoms with Gasteiger partial charge in [0.2, 0.25) is 5.91 Å². The molecule has 0 atom stereocenters. The van der Waals surface area contributed by atoms with Gasteiger partial charge in [-0.05, 0) is 13.0 Å². The summed E-state index contributed by atoms with van der Waals surface area (Å²) in [4.78, 5) is 11.0. The Labute approximate surface area is 135 Å². The number of carbonyl (C=O) groups excluding carboxylic acids is 1. The molecular weight excluding hydrogens is 343 g/mol. The lowest BCUT2D eigenvalue weighted by Gasteiger charge is -2.29. The van der Waals surface area contributed by atoms with Gasteiger partial charge in [-0.1, -0.05) is 45.4 Å². The number of amides is 1. The van der Waals surface area contributed by atoms with Gasteiger partial charge in [0.05, 0.1) is 0 Å². The predicted molar refractivity (Wildman–Crippen MR) is 77.3 cm³/mol. The van der Waals surface area contributed by atoms with Gasteiger partial charge >= 0.3 is 18.0 Å². The van der Waals surface area contributed by atoms with Crippen LogP contribution in [0.4, 0.5) is 30.7 Å². The van der Waals surface area contributed by atoms with Gasteiger partial charge in [-0.15, -0.1) is 0 Å². The van der Waals surface area contributed by atoms with Crippen LogP contribution in [0.25, 0.3) is 0 Å². The van der Waals surface area contributed by atoms with Gasteiger partial charge in [-0.25, -0.2) is 0 Å². The van der Waals surface area contributed by atoms with Crippen molar-refractivity contribution in [2.24, 2.45) is 5.73 Å². The summed E-state index contributed by atoms with van der Waals surface area (Å²) >= 11 is 0. The molecule has 1 amide bonds. The number of halogens is 7. The van der Waals surface area contributed by atoms with Gasteiger partial charge in [-0.3, -0.25) is 4.79 Å². The molecule has 0 aliphatic carbocycles. The van der Waals surface area contributed by atoms with Gasteiger partial charge in [0.25, 0.3) is 0 Å². The molecule has 0 bridgehead atoms. The monoisotopic (exact) mass is 363 g/mol. The first kappa shape index (κ1) is 24.5. The van der Waals surface area contributed by atoms with Crippen molar-refractivity contribution in [2.75, 3.05) is 0 Å². The van der Waals surface area contributed by atoms with E-state index in [0.29, 0.717) is 6.07 Å². The average Bonchev–Trinajstić information content (AvgIpc) is 2.49. The number of benzene rings is 1. The zero-order chi connectivity index (χ0) is 19.9. The zero-order valence-electron chi connectivity index (χ0n) is 13.9. The van der Waals surface area contributed by atoms with E-state index in [1.807, 2.05) is 27.7 Å². The van der Waals surface area contributed by atoms with E-state index in [2.05, 4.69) is 0 Å². The summed E-state index contributed by atoms with van der Waals surface area (Å²) in [5.74, 6) is -13.5. The predicted octanol–water partition coefficient (Wildman–Crippen LogP) is 5.44. The number of alkyl halides is 7. The van der Waals surface area contributed by atoms with E-state index in [-0.39, 0.29) is 5.56 Å². The van der Waals surface area contributed by atoms with Crippen molar-refractivity contribution in [3.8, 4) is 0 Å². The molecule has 0 aromatic heterocycles. The van der Waals surface area contributed by atoms with Gasteiger partial charge in [-0.2, -0.15) is 30.7 Å².